The molecular formula is C11H15F2NO2S. The van der Waals surface area contributed by atoms with Crippen LogP contribution < -0.4 is 5.73 Å². The van der Waals surface area contributed by atoms with Crippen molar-refractivity contribution in [2.45, 2.75) is 25.1 Å². The second-order valence-electron chi connectivity index (χ2n) is 3.86. The van der Waals surface area contributed by atoms with Gasteiger partial charge in [0, 0.05) is 11.8 Å². The molecule has 1 rings (SSSR count). The van der Waals surface area contributed by atoms with Gasteiger partial charge in [0.15, 0.2) is 21.5 Å². The molecule has 6 heteroatoms. The van der Waals surface area contributed by atoms with Crippen LogP contribution in [0.15, 0.2) is 18.2 Å². The van der Waals surface area contributed by atoms with Gasteiger partial charge in [0.05, 0.1) is 5.25 Å². The molecule has 0 aliphatic heterocycles. The van der Waals surface area contributed by atoms with Crippen LogP contribution in [0.3, 0.4) is 0 Å². The van der Waals surface area contributed by atoms with Crippen LogP contribution in [0.25, 0.3) is 0 Å². The number of nitrogens with two attached hydrogens (primary N) is 1. The minimum absolute atomic E-state index is 0.0362. The molecule has 96 valence electrons. The Morgan fingerprint density at radius 1 is 1.29 bits per heavy atom. The molecule has 0 saturated heterocycles. The molecule has 0 saturated carbocycles. The van der Waals surface area contributed by atoms with Crippen LogP contribution in [0.2, 0.25) is 0 Å². The predicted molar refractivity (Wildman–Crippen MR) is 62.2 cm³/mol. The summed E-state index contributed by atoms with van der Waals surface area (Å²) in [6, 6.07) is 2.30. The largest absolute Gasteiger partial charge is 0.323 e. The van der Waals surface area contributed by atoms with E-state index in [0.29, 0.717) is 0 Å². The first-order chi connectivity index (χ1) is 7.79. The molecule has 0 aliphatic rings. The number of benzene rings is 1. The van der Waals surface area contributed by atoms with Gasteiger partial charge in [-0.15, -0.1) is 0 Å². The standard InChI is InChI=1S/C11H15F2NO2S/c1-3-17(15,16)7(2)11(14)8-4-5-9(12)10(13)6-8/h4-7,11H,3,14H2,1-2H3. The summed E-state index contributed by atoms with van der Waals surface area (Å²) in [5.74, 6) is -2.04. The van der Waals surface area contributed by atoms with Gasteiger partial charge < -0.3 is 5.73 Å². The Morgan fingerprint density at radius 2 is 1.88 bits per heavy atom. The number of halogens is 2. The van der Waals surface area contributed by atoms with Gasteiger partial charge in [0.25, 0.3) is 0 Å². The lowest BCUT2D eigenvalue weighted by atomic mass is 10.1. The van der Waals surface area contributed by atoms with Gasteiger partial charge in [-0.25, -0.2) is 17.2 Å². The van der Waals surface area contributed by atoms with E-state index >= 15 is 0 Å². The Kier molecular flexibility index (Phi) is 4.21. The first-order valence-electron chi connectivity index (χ1n) is 5.21. The van der Waals surface area contributed by atoms with Crippen LogP contribution in [0.4, 0.5) is 8.78 Å². The predicted octanol–water partition coefficient (Wildman–Crippen LogP) is 1.79. The third-order valence-electron chi connectivity index (χ3n) is 2.80. The SMILES string of the molecule is CCS(=O)(=O)C(C)C(N)c1ccc(F)c(F)c1. The van der Waals surface area contributed by atoms with E-state index in [0.717, 1.165) is 12.1 Å². The third-order valence-corrected chi connectivity index (χ3v) is 5.03. The van der Waals surface area contributed by atoms with Gasteiger partial charge in [-0.2, -0.15) is 0 Å². The van der Waals surface area contributed by atoms with E-state index in [2.05, 4.69) is 0 Å². The van der Waals surface area contributed by atoms with E-state index in [1.807, 2.05) is 0 Å². The maximum absolute atomic E-state index is 13.0. The molecule has 0 aromatic heterocycles. The highest BCUT2D eigenvalue weighted by atomic mass is 32.2. The average Bonchev–Trinajstić information content (AvgIpc) is 2.30. The van der Waals surface area contributed by atoms with Crippen molar-refractivity contribution in [3.63, 3.8) is 0 Å². The number of sulfone groups is 1. The fourth-order valence-corrected chi connectivity index (χ4v) is 2.61. The zero-order chi connectivity index (χ0) is 13.2. The zero-order valence-electron chi connectivity index (χ0n) is 9.65. The molecule has 1 aromatic rings. The Hall–Kier alpha value is -1.01. The lowest BCUT2D eigenvalue weighted by Crippen LogP contribution is -2.32. The van der Waals surface area contributed by atoms with Crippen molar-refractivity contribution in [2.75, 3.05) is 5.75 Å². The van der Waals surface area contributed by atoms with Gasteiger partial charge >= 0.3 is 0 Å². The minimum Gasteiger partial charge on any atom is -0.323 e. The summed E-state index contributed by atoms with van der Waals surface area (Å²) in [5, 5.41) is -0.836. The summed E-state index contributed by atoms with van der Waals surface area (Å²) in [4.78, 5) is 0. The van der Waals surface area contributed by atoms with Crippen molar-refractivity contribution < 1.29 is 17.2 Å². The summed E-state index contributed by atoms with van der Waals surface area (Å²) in [5.41, 5.74) is 6.02. The monoisotopic (exact) mass is 263 g/mol. The molecule has 0 spiro atoms. The quantitative estimate of drug-likeness (QED) is 0.901. The lowest BCUT2D eigenvalue weighted by molar-refractivity contribution is 0.504. The van der Waals surface area contributed by atoms with Crippen LogP contribution in [0.1, 0.15) is 25.5 Å². The summed E-state index contributed by atoms with van der Waals surface area (Å²) >= 11 is 0. The van der Waals surface area contributed by atoms with E-state index in [9.17, 15) is 17.2 Å². The molecular weight excluding hydrogens is 248 g/mol. The van der Waals surface area contributed by atoms with Gasteiger partial charge in [0.1, 0.15) is 0 Å². The molecule has 0 radical (unpaired) electrons. The second kappa shape index (κ2) is 5.10. The van der Waals surface area contributed by atoms with Gasteiger partial charge in [0.2, 0.25) is 0 Å². The third kappa shape index (κ3) is 3.01. The first kappa shape index (κ1) is 14.1. The topological polar surface area (TPSA) is 60.2 Å². The summed E-state index contributed by atoms with van der Waals surface area (Å²) in [6.07, 6.45) is 0. The van der Waals surface area contributed by atoms with Crippen molar-refractivity contribution in [2.24, 2.45) is 5.73 Å². The van der Waals surface area contributed by atoms with Crippen molar-refractivity contribution in [3.8, 4) is 0 Å². The highest BCUT2D eigenvalue weighted by Crippen LogP contribution is 2.21. The molecule has 0 amide bonds. The fraction of sp³-hybridized carbons (Fsp3) is 0.455. The molecule has 3 nitrogen and oxygen atoms in total. The molecule has 1 aromatic carbocycles. The number of hydrogen-bond donors (Lipinski definition) is 1. The van der Waals surface area contributed by atoms with Gasteiger partial charge in [-0.3, -0.25) is 0 Å². The lowest BCUT2D eigenvalue weighted by Gasteiger charge is -2.20. The van der Waals surface area contributed by atoms with E-state index in [1.165, 1.54) is 19.9 Å². The summed E-state index contributed by atoms with van der Waals surface area (Å²) in [6.45, 7) is 2.98. The smallest absolute Gasteiger partial charge is 0.159 e. The molecule has 0 heterocycles. The van der Waals surface area contributed by atoms with E-state index < -0.39 is 32.8 Å². The highest BCUT2D eigenvalue weighted by molar-refractivity contribution is 7.92. The number of rotatable bonds is 4. The Balaban J connectivity index is 3.04. The Bertz CT molecular complexity index is 502. The normalized spacial score (nSPS) is 15.6. The van der Waals surface area contributed by atoms with Crippen molar-refractivity contribution in [1.29, 1.82) is 0 Å². The molecule has 2 atom stereocenters. The van der Waals surface area contributed by atoms with Gasteiger partial charge in [-0.1, -0.05) is 13.0 Å². The number of hydrogen-bond acceptors (Lipinski definition) is 3. The van der Waals surface area contributed by atoms with Crippen LogP contribution in [0, 0.1) is 11.6 Å². The van der Waals surface area contributed by atoms with Crippen molar-refractivity contribution >= 4 is 9.84 Å². The zero-order valence-corrected chi connectivity index (χ0v) is 10.5. The van der Waals surface area contributed by atoms with E-state index in [1.54, 1.807) is 0 Å². The molecule has 2 unspecified atom stereocenters. The minimum atomic E-state index is -3.31. The average molecular weight is 263 g/mol. The highest BCUT2D eigenvalue weighted by Gasteiger charge is 2.26. The van der Waals surface area contributed by atoms with Crippen LogP contribution in [-0.4, -0.2) is 19.4 Å². The first-order valence-corrected chi connectivity index (χ1v) is 6.93. The molecule has 0 bridgehead atoms. The summed E-state index contributed by atoms with van der Waals surface area (Å²) < 4.78 is 49.0. The van der Waals surface area contributed by atoms with Gasteiger partial charge in [-0.05, 0) is 24.6 Å². The maximum Gasteiger partial charge on any atom is 0.159 e. The molecule has 17 heavy (non-hydrogen) atoms. The van der Waals surface area contributed by atoms with Crippen LogP contribution in [-0.2, 0) is 9.84 Å². The molecule has 0 fully saturated rings. The van der Waals surface area contributed by atoms with Crippen LogP contribution in [0.5, 0.6) is 0 Å². The molecule has 2 N–H and O–H groups in total. The van der Waals surface area contributed by atoms with E-state index in [4.69, 9.17) is 5.73 Å². The van der Waals surface area contributed by atoms with Crippen LogP contribution >= 0.6 is 0 Å². The Morgan fingerprint density at radius 3 is 2.35 bits per heavy atom. The van der Waals surface area contributed by atoms with E-state index in [-0.39, 0.29) is 11.3 Å². The van der Waals surface area contributed by atoms with Crippen molar-refractivity contribution in [3.05, 3.63) is 35.4 Å². The Labute approximate surface area is 99.6 Å². The fourth-order valence-electron chi connectivity index (χ4n) is 1.48. The molecule has 0 aliphatic carbocycles. The second-order valence-corrected chi connectivity index (χ2v) is 6.50. The van der Waals surface area contributed by atoms with Crippen molar-refractivity contribution in [1.82, 2.24) is 0 Å². The maximum atomic E-state index is 13.0. The summed E-state index contributed by atoms with van der Waals surface area (Å²) in [7, 11) is -3.31.